The minimum atomic E-state index is -1.87. The van der Waals surface area contributed by atoms with Crippen LogP contribution in [0.3, 0.4) is 0 Å². The summed E-state index contributed by atoms with van der Waals surface area (Å²) in [5, 5.41) is 0. The fraction of sp³-hybridized carbons (Fsp3) is 0.800. The Morgan fingerprint density at radius 1 is 1.38 bits per heavy atom. The molecule has 1 atom stereocenters. The highest BCUT2D eigenvalue weighted by Crippen LogP contribution is 2.29. The quantitative estimate of drug-likeness (QED) is 0.651. The number of rotatable bonds is 4. The molecule has 0 aromatic carbocycles. The van der Waals surface area contributed by atoms with E-state index in [4.69, 9.17) is 4.52 Å². The van der Waals surface area contributed by atoms with E-state index in [1.165, 1.54) is 32.1 Å². The zero-order valence-corrected chi connectivity index (χ0v) is 9.29. The Bertz CT molecular complexity index is 183. The van der Waals surface area contributed by atoms with Crippen LogP contribution in [0.4, 0.5) is 0 Å². The van der Waals surface area contributed by atoms with Crippen LogP contribution in [0.5, 0.6) is 0 Å². The normalized spacial score (nSPS) is 22.2. The first-order chi connectivity index (χ1) is 6.33. The molecule has 76 valence electrons. The van der Waals surface area contributed by atoms with Crippen molar-refractivity contribution in [3.63, 3.8) is 0 Å². The molecule has 0 saturated heterocycles. The zero-order chi connectivity index (χ0) is 9.52. The maximum absolute atomic E-state index is 11.2. The molecule has 1 aliphatic carbocycles. The van der Waals surface area contributed by atoms with Gasteiger partial charge in [-0.3, -0.25) is 4.57 Å². The smallest absolute Gasteiger partial charge is 0.213 e. The van der Waals surface area contributed by atoms with Crippen molar-refractivity contribution in [3.8, 4) is 0 Å². The molecule has 3 heteroatoms. The van der Waals surface area contributed by atoms with Crippen LogP contribution in [0.25, 0.3) is 0 Å². The minimum Gasteiger partial charge on any atom is -0.328 e. The van der Waals surface area contributed by atoms with Crippen molar-refractivity contribution in [2.75, 3.05) is 6.61 Å². The third kappa shape index (κ3) is 4.64. The van der Waals surface area contributed by atoms with Gasteiger partial charge in [-0.05, 0) is 31.5 Å². The highest BCUT2D eigenvalue weighted by molar-refractivity contribution is 7.42. The molecule has 1 saturated carbocycles. The van der Waals surface area contributed by atoms with Crippen molar-refractivity contribution >= 4 is 8.03 Å². The van der Waals surface area contributed by atoms with Gasteiger partial charge in [0.15, 0.2) is 0 Å². The van der Waals surface area contributed by atoms with Crippen LogP contribution in [-0.4, -0.2) is 6.61 Å². The summed E-state index contributed by atoms with van der Waals surface area (Å²) in [6.45, 7) is 2.42. The van der Waals surface area contributed by atoms with Crippen molar-refractivity contribution in [2.24, 2.45) is 5.92 Å². The lowest BCUT2D eigenvalue weighted by Crippen LogP contribution is -2.02. The number of hydrogen-bond acceptors (Lipinski definition) is 2. The molecule has 0 amide bonds. The highest BCUT2D eigenvalue weighted by Gasteiger charge is 2.09. The predicted molar refractivity (Wildman–Crippen MR) is 56.3 cm³/mol. The summed E-state index contributed by atoms with van der Waals surface area (Å²) in [5.41, 5.74) is 0. The Kier molecular flexibility index (Phi) is 5.41. The molecule has 1 aliphatic rings. The van der Waals surface area contributed by atoms with Gasteiger partial charge in [-0.1, -0.05) is 25.3 Å². The van der Waals surface area contributed by atoms with Crippen molar-refractivity contribution < 1.29 is 9.09 Å². The van der Waals surface area contributed by atoms with Crippen LogP contribution in [0, 0.1) is 5.92 Å². The Labute approximate surface area is 81.2 Å². The van der Waals surface area contributed by atoms with E-state index in [9.17, 15) is 4.57 Å². The van der Waals surface area contributed by atoms with E-state index in [1.54, 1.807) is 5.82 Å². The third-order valence-corrected chi connectivity index (χ3v) is 3.48. The van der Waals surface area contributed by atoms with Crippen molar-refractivity contribution in [1.29, 1.82) is 0 Å². The van der Waals surface area contributed by atoms with Gasteiger partial charge in [0.25, 0.3) is 0 Å². The maximum atomic E-state index is 11.2. The van der Waals surface area contributed by atoms with Gasteiger partial charge in [0.1, 0.15) is 0 Å². The van der Waals surface area contributed by atoms with Gasteiger partial charge in [-0.25, -0.2) is 0 Å². The topological polar surface area (TPSA) is 26.3 Å². The van der Waals surface area contributed by atoms with E-state index in [0.29, 0.717) is 12.5 Å². The highest BCUT2D eigenvalue weighted by atomic mass is 31.1. The monoisotopic (exact) mass is 202 g/mol. The van der Waals surface area contributed by atoms with E-state index in [2.05, 4.69) is 6.08 Å². The Balaban J connectivity index is 2.24. The summed E-state index contributed by atoms with van der Waals surface area (Å²) in [6.07, 6.45) is 8.63. The van der Waals surface area contributed by atoms with Crippen LogP contribution in [0.2, 0.25) is 0 Å². The fourth-order valence-corrected chi connectivity index (χ4v) is 2.54. The molecule has 0 N–H and O–H groups in total. The van der Waals surface area contributed by atoms with E-state index in [1.807, 2.05) is 6.92 Å². The first kappa shape index (κ1) is 11.0. The molecular weight excluding hydrogens is 183 g/mol. The summed E-state index contributed by atoms with van der Waals surface area (Å²) in [4.78, 5) is 0. The first-order valence-corrected chi connectivity index (χ1v) is 6.57. The minimum absolute atomic E-state index is 0.548. The second-order valence-electron chi connectivity index (χ2n) is 3.51. The molecule has 0 radical (unpaired) electrons. The molecule has 13 heavy (non-hydrogen) atoms. The van der Waals surface area contributed by atoms with Crippen LogP contribution >= 0.6 is 8.03 Å². The molecule has 0 bridgehead atoms. The Morgan fingerprint density at radius 3 is 2.69 bits per heavy atom. The van der Waals surface area contributed by atoms with Crippen LogP contribution in [0.15, 0.2) is 11.9 Å². The first-order valence-electron chi connectivity index (χ1n) is 5.18. The average molecular weight is 202 g/mol. The lowest BCUT2D eigenvalue weighted by Gasteiger charge is -2.17. The second-order valence-corrected chi connectivity index (χ2v) is 4.77. The Morgan fingerprint density at radius 2 is 2.08 bits per heavy atom. The zero-order valence-electron chi connectivity index (χ0n) is 8.29. The maximum Gasteiger partial charge on any atom is 0.213 e. The molecule has 0 aromatic rings. The van der Waals surface area contributed by atoms with E-state index in [0.717, 1.165) is 0 Å². The van der Waals surface area contributed by atoms with Gasteiger partial charge in [0.2, 0.25) is 8.03 Å². The van der Waals surface area contributed by atoms with Crippen LogP contribution in [-0.2, 0) is 9.09 Å². The third-order valence-electron chi connectivity index (χ3n) is 2.44. The van der Waals surface area contributed by atoms with Gasteiger partial charge in [0.05, 0.1) is 6.61 Å². The summed E-state index contributed by atoms with van der Waals surface area (Å²) in [5.74, 6) is 2.42. The summed E-state index contributed by atoms with van der Waals surface area (Å²) < 4.78 is 16.2. The van der Waals surface area contributed by atoms with Gasteiger partial charge in [-0.2, -0.15) is 0 Å². The van der Waals surface area contributed by atoms with Crippen molar-refractivity contribution in [1.82, 2.24) is 0 Å². The van der Waals surface area contributed by atoms with Crippen LogP contribution in [0.1, 0.15) is 39.0 Å². The van der Waals surface area contributed by atoms with Gasteiger partial charge in [-0.15, -0.1) is 0 Å². The van der Waals surface area contributed by atoms with E-state index < -0.39 is 8.03 Å². The molecule has 1 unspecified atom stereocenters. The molecule has 2 nitrogen and oxygen atoms in total. The Hall–Kier alpha value is -0.0700. The molecular formula is C10H19O2P. The molecule has 0 spiro atoms. The van der Waals surface area contributed by atoms with Crippen molar-refractivity contribution in [3.05, 3.63) is 11.9 Å². The summed E-state index contributed by atoms with van der Waals surface area (Å²) in [6, 6.07) is 0. The van der Waals surface area contributed by atoms with Gasteiger partial charge < -0.3 is 4.52 Å². The van der Waals surface area contributed by atoms with Gasteiger partial charge in [0, 0.05) is 0 Å². The van der Waals surface area contributed by atoms with E-state index in [-0.39, 0.29) is 0 Å². The molecule has 1 fully saturated rings. The molecule has 0 aliphatic heterocycles. The second kappa shape index (κ2) is 6.39. The molecule has 0 aromatic heterocycles. The standard InChI is InChI=1S/C10H19O2P/c1-2-12-13(11)9-8-10-6-4-3-5-7-10/h8-10,13H,2-7H2,1H3. The largest absolute Gasteiger partial charge is 0.328 e. The van der Waals surface area contributed by atoms with Gasteiger partial charge >= 0.3 is 0 Å². The van der Waals surface area contributed by atoms with Crippen LogP contribution < -0.4 is 0 Å². The number of hydrogen-bond donors (Lipinski definition) is 0. The molecule has 0 heterocycles. The lowest BCUT2D eigenvalue weighted by molar-refractivity contribution is 0.356. The lowest BCUT2D eigenvalue weighted by atomic mass is 9.90. The average Bonchev–Trinajstić information content (AvgIpc) is 2.17. The predicted octanol–water partition coefficient (Wildman–Crippen LogP) is 3.59. The fourth-order valence-electron chi connectivity index (χ4n) is 1.73. The van der Waals surface area contributed by atoms with E-state index >= 15 is 0 Å². The van der Waals surface area contributed by atoms with Crippen molar-refractivity contribution in [2.45, 2.75) is 39.0 Å². The molecule has 1 rings (SSSR count). The number of allylic oxidation sites excluding steroid dienone is 1. The summed E-state index contributed by atoms with van der Waals surface area (Å²) in [7, 11) is -1.87. The summed E-state index contributed by atoms with van der Waals surface area (Å²) >= 11 is 0. The SMILES string of the molecule is CCO[PH](=O)C=CC1CCCCC1.